The Labute approximate surface area is 158 Å². The lowest BCUT2D eigenvalue weighted by atomic mass is 10.0. The molecule has 0 radical (unpaired) electrons. The molecule has 3 aromatic rings. The van der Waals surface area contributed by atoms with Gasteiger partial charge in [0.15, 0.2) is 0 Å². The molecule has 0 amide bonds. The molecule has 0 atom stereocenters. The lowest BCUT2D eigenvalue weighted by Gasteiger charge is -2.09. The Balaban J connectivity index is 2.12. The second-order valence-electron chi connectivity index (χ2n) is 5.51. The topological polar surface area (TPSA) is 84.0 Å². The van der Waals surface area contributed by atoms with Crippen LogP contribution < -0.4 is 5.73 Å². The van der Waals surface area contributed by atoms with Crippen molar-refractivity contribution >= 4 is 42.9 Å². The fourth-order valence-electron chi connectivity index (χ4n) is 2.52. The van der Waals surface area contributed by atoms with Crippen LogP contribution in [0, 0.1) is 12.3 Å². The van der Waals surface area contributed by atoms with Gasteiger partial charge in [-0.15, -0.1) is 11.3 Å². The molecular weight excluding hydrogens is 420 g/mol. The van der Waals surface area contributed by atoms with Gasteiger partial charge in [-0.2, -0.15) is 0 Å². The van der Waals surface area contributed by atoms with E-state index < -0.39 is 9.84 Å². The summed E-state index contributed by atoms with van der Waals surface area (Å²) in [7, 11) is -3.71. The predicted molar refractivity (Wildman–Crippen MR) is 105 cm³/mol. The molecule has 0 fully saturated rings. The van der Waals surface area contributed by atoms with Gasteiger partial charge >= 0.3 is 0 Å². The van der Waals surface area contributed by atoms with Crippen molar-refractivity contribution in [3.05, 3.63) is 68.8 Å². The molecule has 0 aliphatic heterocycles. The summed E-state index contributed by atoms with van der Waals surface area (Å²) in [4.78, 5) is 0.756. The van der Waals surface area contributed by atoms with E-state index in [1.54, 1.807) is 18.2 Å². The van der Waals surface area contributed by atoms with Crippen molar-refractivity contribution in [2.24, 2.45) is 5.73 Å². The van der Waals surface area contributed by atoms with Crippen LogP contribution in [0.3, 0.4) is 0 Å². The highest BCUT2D eigenvalue weighted by molar-refractivity contribution is 9.11. The Morgan fingerprint density at radius 2 is 1.84 bits per heavy atom. The molecule has 1 heterocycles. The molecule has 0 aliphatic rings. The van der Waals surface area contributed by atoms with Crippen LogP contribution >= 0.6 is 27.3 Å². The van der Waals surface area contributed by atoms with Gasteiger partial charge in [-0.1, -0.05) is 36.4 Å². The van der Waals surface area contributed by atoms with E-state index in [9.17, 15) is 8.42 Å². The quantitative estimate of drug-likeness (QED) is 0.464. The maximum Gasteiger partial charge on any atom is 0.208 e. The average molecular weight is 435 g/mol. The number of nitrogens with two attached hydrogens (primary N) is 1. The molecule has 0 aliphatic carbocycles. The molecule has 3 N–H and O–H groups in total. The first kappa shape index (κ1) is 17.8. The summed E-state index contributed by atoms with van der Waals surface area (Å²) in [6.45, 7) is 1.99. The fraction of sp³-hybridized carbons (Fsp3) is 0.0556. The largest absolute Gasteiger partial charge is 0.383 e. The third-order valence-corrected chi connectivity index (χ3v) is 7.85. The van der Waals surface area contributed by atoms with E-state index in [0.29, 0.717) is 8.66 Å². The van der Waals surface area contributed by atoms with E-state index in [-0.39, 0.29) is 15.6 Å². The van der Waals surface area contributed by atoms with E-state index in [0.717, 1.165) is 28.0 Å². The van der Waals surface area contributed by atoms with Gasteiger partial charge in [0.2, 0.25) is 9.84 Å². The number of thiophene rings is 1. The van der Waals surface area contributed by atoms with Crippen LogP contribution in [0.4, 0.5) is 0 Å². The third kappa shape index (κ3) is 3.40. The lowest BCUT2D eigenvalue weighted by molar-refractivity contribution is 0.596. The van der Waals surface area contributed by atoms with Crippen molar-refractivity contribution in [1.82, 2.24) is 0 Å². The zero-order chi connectivity index (χ0) is 18.2. The summed E-state index contributed by atoms with van der Waals surface area (Å²) in [5, 5.41) is 7.50. The van der Waals surface area contributed by atoms with E-state index >= 15 is 0 Å². The van der Waals surface area contributed by atoms with Crippen molar-refractivity contribution in [2.45, 2.75) is 16.7 Å². The molecule has 25 heavy (non-hydrogen) atoms. The van der Waals surface area contributed by atoms with E-state index in [1.165, 1.54) is 6.07 Å². The number of nitrogens with one attached hydrogen (secondary N) is 1. The minimum atomic E-state index is -3.71. The zero-order valence-electron chi connectivity index (χ0n) is 13.3. The minimum Gasteiger partial charge on any atom is -0.383 e. The molecule has 128 valence electrons. The number of aryl methyl sites for hydroxylation is 1. The third-order valence-electron chi connectivity index (χ3n) is 3.81. The molecule has 7 heteroatoms. The van der Waals surface area contributed by atoms with E-state index in [2.05, 4.69) is 15.9 Å². The first-order valence-electron chi connectivity index (χ1n) is 7.35. The first-order chi connectivity index (χ1) is 11.8. The molecule has 0 spiro atoms. The van der Waals surface area contributed by atoms with E-state index in [4.69, 9.17) is 11.1 Å². The second-order valence-corrected chi connectivity index (χ2v) is 9.80. The molecule has 0 bridgehead atoms. The molecule has 2 aromatic carbocycles. The number of benzene rings is 2. The van der Waals surface area contributed by atoms with Crippen LogP contribution in [0.15, 0.2) is 68.2 Å². The molecule has 0 saturated heterocycles. The maximum absolute atomic E-state index is 13.0. The lowest BCUT2D eigenvalue weighted by Crippen LogP contribution is -2.08. The SMILES string of the molecule is Cc1ccccc1-c1cccc(S(=O)(=O)c2cc(C(=N)N)sc2Br)c1. The summed E-state index contributed by atoms with van der Waals surface area (Å²) in [6, 6.07) is 16.2. The van der Waals surface area contributed by atoms with E-state index in [1.807, 2.05) is 37.3 Å². The Hall–Kier alpha value is -1.96. The summed E-state index contributed by atoms with van der Waals surface area (Å²) >= 11 is 4.42. The smallest absolute Gasteiger partial charge is 0.208 e. The van der Waals surface area contributed by atoms with Crippen molar-refractivity contribution in [3.8, 4) is 11.1 Å². The number of hydrogen-bond acceptors (Lipinski definition) is 4. The number of rotatable bonds is 4. The number of nitrogen functional groups attached to an aromatic ring is 1. The first-order valence-corrected chi connectivity index (χ1v) is 10.4. The van der Waals surface area contributed by atoms with Crippen molar-refractivity contribution in [2.75, 3.05) is 0 Å². The van der Waals surface area contributed by atoms with Gasteiger partial charge < -0.3 is 5.73 Å². The van der Waals surface area contributed by atoms with Gasteiger partial charge in [-0.05, 0) is 57.7 Å². The average Bonchev–Trinajstić information content (AvgIpc) is 2.98. The maximum atomic E-state index is 13.0. The van der Waals surface area contributed by atoms with Gasteiger partial charge in [0.1, 0.15) is 5.84 Å². The standard InChI is InChI=1S/C18H15BrN2O2S2/c1-11-5-2-3-8-14(11)12-6-4-7-13(9-12)25(22,23)16-10-15(18(20)21)24-17(16)19/h2-10H,1H3,(H3,20,21). The fourth-order valence-corrected chi connectivity index (χ4v) is 6.25. The molecule has 1 aromatic heterocycles. The summed E-state index contributed by atoms with van der Waals surface area (Å²) in [5.74, 6) is -0.152. The second kappa shape index (κ2) is 6.74. The molecular formula is C18H15BrN2O2S2. The van der Waals surface area contributed by atoms with Crippen molar-refractivity contribution in [3.63, 3.8) is 0 Å². The monoisotopic (exact) mass is 434 g/mol. The number of sulfone groups is 1. The Morgan fingerprint density at radius 1 is 1.12 bits per heavy atom. The normalized spacial score (nSPS) is 11.4. The number of hydrogen-bond donors (Lipinski definition) is 2. The van der Waals surface area contributed by atoms with Crippen LogP contribution in [0.5, 0.6) is 0 Å². The highest BCUT2D eigenvalue weighted by atomic mass is 79.9. The summed E-state index contributed by atoms with van der Waals surface area (Å²) in [5.41, 5.74) is 8.39. The molecule has 0 unspecified atom stereocenters. The molecule has 4 nitrogen and oxygen atoms in total. The van der Waals surface area contributed by atoms with Crippen molar-refractivity contribution in [1.29, 1.82) is 5.41 Å². The summed E-state index contributed by atoms with van der Waals surface area (Å²) < 4.78 is 26.5. The van der Waals surface area contributed by atoms with Crippen molar-refractivity contribution < 1.29 is 8.42 Å². The van der Waals surface area contributed by atoms with Gasteiger partial charge in [0, 0.05) is 0 Å². The van der Waals surface area contributed by atoms with Gasteiger partial charge in [-0.25, -0.2) is 8.42 Å². The Bertz CT molecular complexity index is 1070. The van der Waals surface area contributed by atoms with Gasteiger partial charge in [0.25, 0.3) is 0 Å². The zero-order valence-corrected chi connectivity index (χ0v) is 16.5. The highest BCUT2D eigenvalue weighted by Crippen LogP contribution is 2.36. The Kier molecular flexibility index (Phi) is 4.81. The number of amidine groups is 1. The molecule has 0 saturated carbocycles. The van der Waals surface area contributed by atoms with Crippen LogP contribution in [0.1, 0.15) is 10.4 Å². The van der Waals surface area contributed by atoms with Gasteiger partial charge in [0.05, 0.1) is 18.5 Å². The van der Waals surface area contributed by atoms with Gasteiger partial charge in [-0.3, -0.25) is 5.41 Å². The molecule has 3 rings (SSSR count). The summed E-state index contributed by atoms with van der Waals surface area (Å²) in [6.07, 6.45) is 0. The Morgan fingerprint density at radius 3 is 2.48 bits per heavy atom. The minimum absolute atomic E-state index is 0.129. The number of halogens is 1. The predicted octanol–water partition coefficient (Wildman–Crippen LogP) is 4.60. The van der Waals surface area contributed by atoms with Crippen LogP contribution in [0.2, 0.25) is 0 Å². The van der Waals surface area contributed by atoms with Crippen LogP contribution in [-0.4, -0.2) is 14.3 Å². The van der Waals surface area contributed by atoms with Crippen LogP contribution in [-0.2, 0) is 9.84 Å². The van der Waals surface area contributed by atoms with Crippen LogP contribution in [0.25, 0.3) is 11.1 Å². The highest BCUT2D eigenvalue weighted by Gasteiger charge is 2.24.